The summed E-state index contributed by atoms with van der Waals surface area (Å²) in [6.07, 6.45) is -3.56. The number of aliphatic carboxylic acids is 1. The van der Waals surface area contributed by atoms with Crippen LogP contribution in [0.15, 0.2) is 0 Å². The predicted octanol–water partition coefficient (Wildman–Crippen LogP) is -1.66. The molecule has 2 aliphatic rings. The standard InChI is InChI=1S/C11H20NO9P/c13-8-7(5-20-22(17,18)19)21-10(9(8)14)12-3-1-2-6(4-12)11(15)16/h6-10,13-14H,1-5H2,(H,15,16)(H2,17,18,19). The Morgan fingerprint density at radius 1 is 1.32 bits per heavy atom. The number of hydrogen-bond acceptors (Lipinski definition) is 7. The monoisotopic (exact) mass is 341 g/mol. The number of phosphoric ester groups is 1. The lowest BCUT2D eigenvalue weighted by Crippen LogP contribution is -2.49. The van der Waals surface area contributed by atoms with Crippen LogP contribution in [0.25, 0.3) is 0 Å². The van der Waals surface area contributed by atoms with Crippen molar-refractivity contribution in [3.8, 4) is 0 Å². The van der Waals surface area contributed by atoms with Crippen molar-refractivity contribution in [2.75, 3.05) is 19.7 Å². The minimum Gasteiger partial charge on any atom is -0.481 e. The highest BCUT2D eigenvalue weighted by Gasteiger charge is 2.47. The highest BCUT2D eigenvalue weighted by molar-refractivity contribution is 7.46. The molecule has 11 heteroatoms. The first-order valence-electron chi connectivity index (χ1n) is 6.87. The van der Waals surface area contributed by atoms with Crippen LogP contribution in [-0.4, -0.2) is 80.2 Å². The summed E-state index contributed by atoms with van der Waals surface area (Å²) < 4.78 is 20.4. The SMILES string of the molecule is O=C(O)C1CCCN(C2OC(COP(=O)(O)O)C(O)C2O)C1. The van der Waals surface area contributed by atoms with E-state index in [2.05, 4.69) is 4.52 Å². The van der Waals surface area contributed by atoms with Gasteiger partial charge in [-0.15, -0.1) is 0 Å². The number of hydrogen-bond donors (Lipinski definition) is 5. The van der Waals surface area contributed by atoms with Crippen LogP contribution in [0.3, 0.4) is 0 Å². The van der Waals surface area contributed by atoms with Gasteiger partial charge < -0.3 is 29.8 Å². The van der Waals surface area contributed by atoms with Gasteiger partial charge in [-0.05, 0) is 12.8 Å². The average Bonchev–Trinajstić information content (AvgIpc) is 2.72. The molecule has 2 rings (SSSR count). The molecule has 0 aliphatic carbocycles. The third-order valence-electron chi connectivity index (χ3n) is 3.91. The highest BCUT2D eigenvalue weighted by atomic mass is 31.2. The predicted molar refractivity (Wildman–Crippen MR) is 70.6 cm³/mol. The number of carboxylic acids is 1. The van der Waals surface area contributed by atoms with Gasteiger partial charge in [0.15, 0.2) is 0 Å². The summed E-state index contributed by atoms with van der Waals surface area (Å²) in [7, 11) is -4.70. The maximum atomic E-state index is 11.1. The molecule has 0 aromatic heterocycles. The zero-order chi connectivity index (χ0) is 16.5. The molecule has 0 aromatic rings. The van der Waals surface area contributed by atoms with Gasteiger partial charge in [-0.2, -0.15) is 0 Å². The van der Waals surface area contributed by atoms with Crippen LogP contribution in [0.5, 0.6) is 0 Å². The van der Waals surface area contributed by atoms with Crippen LogP contribution in [0, 0.1) is 5.92 Å². The Kier molecular flexibility index (Phi) is 5.57. The van der Waals surface area contributed by atoms with Gasteiger partial charge in [0.05, 0.1) is 12.5 Å². The number of nitrogens with zero attached hydrogens (tertiary/aromatic N) is 1. The number of aliphatic hydroxyl groups is 2. The second-order valence-electron chi connectivity index (χ2n) is 5.50. The van der Waals surface area contributed by atoms with Gasteiger partial charge in [0, 0.05) is 13.1 Å². The van der Waals surface area contributed by atoms with Crippen LogP contribution in [0.4, 0.5) is 0 Å². The average molecular weight is 341 g/mol. The third-order valence-corrected chi connectivity index (χ3v) is 4.39. The second-order valence-corrected chi connectivity index (χ2v) is 6.74. The van der Waals surface area contributed by atoms with E-state index < -0.39 is 50.9 Å². The molecular formula is C11H20NO9P. The zero-order valence-corrected chi connectivity index (χ0v) is 12.6. The summed E-state index contributed by atoms with van der Waals surface area (Å²) in [5.41, 5.74) is 0. The van der Waals surface area contributed by atoms with Gasteiger partial charge in [-0.25, -0.2) is 4.57 Å². The Morgan fingerprint density at radius 2 is 2.00 bits per heavy atom. The van der Waals surface area contributed by atoms with E-state index >= 15 is 0 Å². The molecule has 5 N–H and O–H groups in total. The van der Waals surface area contributed by atoms with Crippen LogP contribution < -0.4 is 0 Å². The van der Waals surface area contributed by atoms with Gasteiger partial charge in [0.25, 0.3) is 0 Å². The van der Waals surface area contributed by atoms with Crippen LogP contribution >= 0.6 is 7.82 Å². The van der Waals surface area contributed by atoms with Gasteiger partial charge in [-0.3, -0.25) is 14.2 Å². The van der Waals surface area contributed by atoms with Gasteiger partial charge in [0.2, 0.25) is 0 Å². The minimum absolute atomic E-state index is 0.176. The number of aliphatic hydroxyl groups excluding tert-OH is 2. The first-order valence-corrected chi connectivity index (χ1v) is 8.40. The lowest BCUT2D eigenvalue weighted by Gasteiger charge is -2.35. The van der Waals surface area contributed by atoms with Crippen molar-refractivity contribution >= 4 is 13.8 Å². The number of rotatable bonds is 5. The quantitative estimate of drug-likeness (QED) is 0.367. The first kappa shape index (κ1) is 17.8. The third kappa shape index (κ3) is 4.24. The molecular weight excluding hydrogens is 321 g/mol. The number of carbonyl (C=O) groups is 1. The molecule has 0 saturated carbocycles. The maximum Gasteiger partial charge on any atom is 0.469 e. The highest BCUT2D eigenvalue weighted by Crippen LogP contribution is 2.37. The Hall–Kier alpha value is -0.580. The largest absolute Gasteiger partial charge is 0.481 e. The molecule has 128 valence electrons. The summed E-state index contributed by atoms with van der Waals surface area (Å²) in [6.45, 7) is 0.106. The van der Waals surface area contributed by atoms with Crippen molar-refractivity contribution in [1.29, 1.82) is 0 Å². The van der Waals surface area contributed by atoms with E-state index in [4.69, 9.17) is 19.6 Å². The Morgan fingerprint density at radius 3 is 2.59 bits per heavy atom. The number of phosphoric acid groups is 1. The van der Waals surface area contributed by atoms with E-state index in [1.807, 2.05) is 0 Å². The summed E-state index contributed by atoms with van der Waals surface area (Å²) in [5, 5.41) is 29.0. The van der Waals surface area contributed by atoms with Crippen molar-refractivity contribution < 1.29 is 43.7 Å². The topological polar surface area (TPSA) is 157 Å². The molecule has 10 nitrogen and oxygen atoms in total. The minimum atomic E-state index is -4.70. The van der Waals surface area contributed by atoms with Crippen molar-refractivity contribution in [3.63, 3.8) is 0 Å². The summed E-state index contributed by atoms with van der Waals surface area (Å²) in [5.74, 6) is -1.51. The Labute approximate surface area is 126 Å². The van der Waals surface area contributed by atoms with E-state index in [1.54, 1.807) is 4.90 Å². The molecule has 2 saturated heterocycles. The first-order chi connectivity index (χ1) is 10.2. The normalized spacial score (nSPS) is 37.4. The van der Waals surface area contributed by atoms with Gasteiger partial charge >= 0.3 is 13.8 Å². The maximum absolute atomic E-state index is 11.1. The zero-order valence-electron chi connectivity index (χ0n) is 11.7. The fourth-order valence-electron chi connectivity index (χ4n) is 2.78. The molecule has 5 atom stereocenters. The van der Waals surface area contributed by atoms with Crippen LogP contribution in [-0.2, 0) is 18.6 Å². The molecule has 5 unspecified atom stereocenters. The number of likely N-dealkylation sites (tertiary alicyclic amines) is 1. The van der Waals surface area contributed by atoms with E-state index in [0.29, 0.717) is 19.4 Å². The van der Waals surface area contributed by atoms with E-state index in [9.17, 15) is 19.6 Å². The van der Waals surface area contributed by atoms with Crippen LogP contribution in [0.2, 0.25) is 0 Å². The lowest BCUT2D eigenvalue weighted by molar-refractivity contribution is -0.149. The second kappa shape index (κ2) is 6.90. The number of ether oxygens (including phenoxy) is 1. The number of carboxylic acid groups (broad SMARTS) is 1. The van der Waals surface area contributed by atoms with Crippen molar-refractivity contribution in [1.82, 2.24) is 4.90 Å². The van der Waals surface area contributed by atoms with Crippen molar-refractivity contribution in [2.24, 2.45) is 5.92 Å². The fourth-order valence-corrected chi connectivity index (χ4v) is 3.12. The molecule has 22 heavy (non-hydrogen) atoms. The Balaban J connectivity index is 1.97. The molecule has 2 aliphatic heterocycles. The van der Waals surface area contributed by atoms with Gasteiger partial charge in [0.1, 0.15) is 24.5 Å². The van der Waals surface area contributed by atoms with Gasteiger partial charge in [-0.1, -0.05) is 0 Å². The molecule has 2 heterocycles. The molecule has 0 radical (unpaired) electrons. The molecule has 0 bridgehead atoms. The van der Waals surface area contributed by atoms with Crippen molar-refractivity contribution in [3.05, 3.63) is 0 Å². The van der Waals surface area contributed by atoms with E-state index in [0.717, 1.165) is 0 Å². The summed E-state index contributed by atoms with van der Waals surface area (Å²) >= 11 is 0. The van der Waals surface area contributed by atoms with Crippen LogP contribution in [0.1, 0.15) is 12.8 Å². The fraction of sp³-hybridized carbons (Fsp3) is 0.909. The number of piperidine rings is 1. The molecule has 0 amide bonds. The van der Waals surface area contributed by atoms with E-state index in [1.165, 1.54) is 0 Å². The van der Waals surface area contributed by atoms with E-state index in [-0.39, 0.29) is 6.54 Å². The van der Waals surface area contributed by atoms with Crippen molar-refractivity contribution in [2.45, 2.75) is 37.4 Å². The lowest BCUT2D eigenvalue weighted by atomic mass is 9.97. The molecule has 2 fully saturated rings. The smallest absolute Gasteiger partial charge is 0.469 e. The summed E-state index contributed by atoms with van der Waals surface area (Å²) in [6, 6.07) is 0. The molecule has 0 aromatic carbocycles. The summed E-state index contributed by atoms with van der Waals surface area (Å²) in [4.78, 5) is 30.0. The molecule has 0 spiro atoms. The Bertz CT molecular complexity index is 455.